The molecule has 0 atom stereocenters. The van der Waals surface area contributed by atoms with Crippen molar-refractivity contribution in [3.05, 3.63) is 11.1 Å². The van der Waals surface area contributed by atoms with Crippen molar-refractivity contribution < 1.29 is 13.2 Å². The minimum atomic E-state index is -4.43. The highest BCUT2D eigenvalue weighted by Gasteiger charge is 2.31. The zero-order chi connectivity index (χ0) is 10.7. The zero-order valence-corrected chi connectivity index (χ0v) is 8.55. The van der Waals surface area contributed by atoms with Gasteiger partial charge in [0.15, 0.2) is 0 Å². The lowest BCUT2D eigenvalue weighted by molar-refractivity contribution is -0.0847. The molecule has 0 aromatic carbocycles. The summed E-state index contributed by atoms with van der Waals surface area (Å²) in [5.41, 5.74) is -0.209. The number of halogens is 4. The second-order valence-electron chi connectivity index (χ2n) is 3.68. The van der Waals surface area contributed by atoms with E-state index in [-0.39, 0.29) is 12.1 Å². The summed E-state index contributed by atoms with van der Waals surface area (Å²) in [5, 5.41) is 1.78. The number of hydrogen-bond donors (Lipinski definition) is 1. The van der Waals surface area contributed by atoms with Crippen molar-refractivity contribution >= 4 is 11.6 Å². The highest BCUT2D eigenvalue weighted by Crippen LogP contribution is 2.27. The van der Waals surface area contributed by atoms with Gasteiger partial charge in [0.05, 0.1) is 0 Å². The van der Waals surface area contributed by atoms with Gasteiger partial charge in [0.1, 0.15) is 5.03 Å². The highest BCUT2D eigenvalue weighted by molar-refractivity contribution is 6.30. The molecule has 0 fully saturated rings. The summed E-state index contributed by atoms with van der Waals surface area (Å²) in [6.45, 7) is 5.70. The van der Waals surface area contributed by atoms with Crippen LogP contribution >= 0.6 is 11.6 Å². The molecule has 0 unspecified atom stereocenters. The van der Waals surface area contributed by atoms with Crippen LogP contribution in [0.1, 0.15) is 20.8 Å². The molecule has 13 heavy (non-hydrogen) atoms. The van der Waals surface area contributed by atoms with E-state index in [2.05, 4.69) is 5.32 Å². The Hall–Kier alpha value is -0.220. The van der Waals surface area contributed by atoms with E-state index < -0.39 is 11.2 Å². The second kappa shape index (κ2) is 4.33. The summed E-state index contributed by atoms with van der Waals surface area (Å²) in [7, 11) is 0. The van der Waals surface area contributed by atoms with Gasteiger partial charge < -0.3 is 5.32 Å². The molecule has 0 aliphatic heterocycles. The van der Waals surface area contributed by atoms with Crippen LogP contribution in [0.25, 0.3) is 0 Å². The average molecular weight is 216 g/mol. The minimum absolute atomic E-state index is 0.113. The largest absolute Gasteiger partial charge is 0.426 e. The van der Waals surface area contributed by atoms with Crippen LogP contribution in [0, 0.1) is 0 Å². The van der Waals surface area contributed by atoms with Crippen LogP contribution in [0.4, 0.5) is 13.2 Å². The van der Waals surface area contributed by atoms with E-state index in [1.807, 2.05) is 20.8 Å². The molecular weight excluding hydrogens is 203 g/mol. The maximum atomic E-state index is 11.8. The van der Waals surface area contributed by atoms with Crippen molar-refractivity contribution in [3.8, 4) is 0 Å². The average Bonchev–Trinajstić information content (AvgIpc) is 1.82. The van der Waals surface area contributed by atoms with Gasteiger partial charge in [-0.3, -0.25) is 0 Å². The van der Waals surface area contributed by atoms with Crippen LogP contribution in [0.15, 0.2) is 11.1 Å². The minimum Gasteiger partial charge on any atom is -0.309 e. The molecule has 0 radical (unpaired) electrons. The van der Waals surface area contributed by atoms with E-state index in [0.29, 0.717) is 0 Å². The first-order chi connectivity index (χ1) is 5.63. The fourth-order valence-electron chi connectivity index (χ4n) is 0.563. The smallest absolute Gasteiger partial charge is 0.309 e. The SMILES string of the molecule is CC(C)(C)NCC=C(Cl)C(F)(F)F. The van der Waals surface area contributed by atoms with E-state index in [1.165, 1.54) is 0 Å². The molecule has 0 saturated heterocycles. The van der Waals surface area contributed by atoms with Gasteiger partial charge in [0.2, 0.25) is 0 Å². The lowest BCUT2D eigenvalue weighted by atomic mass is 10.1. The third kappa shape index (κ3) is 6.90. The molecule has 0 aliphatic carbocycles. The second-order valence-corrected chi connectivity index (χ2v) is 4.09. The first kappa shape index (κ1) is 12.8. The fraction of sp³-hybridized carbons (Fsp3) is 0.750. The van der Waals surface area contributed by atoms with E-state index in [4.69, 9.17) is 11.6 Å². The monoisotopic (exact) mass is 215 g/mol. The Bertz CT molecular complexity index is 191. The Morgan fingerprint density at radius 3 is 2.08 bits per heavy atom. The Morgan fingerprint density at radius 2 is 1.77 bits per heavy atom. The molecule has 0 bridgehead atoms. The summed E-state index contributed by atoms with van der Waals surface area (Å²) in [5.74, 6) is 0. The molecule has 0 amide bonds. The van der Waals surface area contributed by atoms with Gasteiger partial charge in [0.25, 0.3) is 0 Å². The number of alkyl halides is 3. The van der Waals surface area contributed by atoms with Crippen LogP contribution in [0.2, 0.25) is 0 Å². The van der Waals surface area contributed by atoms with Crippen molar-refractivity contribution in [2.75, 3.05) is 6.54 Å². The third-order valence-corrected chi connectivity index (χ3v) is 1.55. The summed E-state index contributed by atoms with van der Waals surface area (Å²) in [4.78, 5) is 0. The van der Waals surface area contributed by atoms with Crippen LogP contribution in [-0.2, 0) is 0 Å². The summed E-state index contributed by atoms with van der Waals surface area (Å²) < 4.78 is 35.5. The third-order valence-electron chi connectivity index (χ3n) is 1.18. The normalized spacial score (nSPS) is 14.8. The molecule has 0 spiro atoms. The van der Waals surface area contributed by atoms with E-state index in [0.717, 1.165) is 6.08 Å². The number of allylic oxidation sites excluding steroid dienone is 1. The van der Waals surface area contributed by atoms with E-state index in [9.17, 15) is 13.2 Å². The zero-order valence-electron chi connectivity index (χ0n) is 7.80. The molecule has 78 valence electrons. The summed E-state index contributed by atoms with van der Waals surface area (Å²) in [6, 6.07) is 0. The van der Waals surface area contributed by atoms with Gasteiger partial charge in [-0.1, -0.05) is 11.6 Å². The number of hydrogen-bond acceptors (Lipinski definition) is 1. The van der Waals surface area contributed by atoms with Gasteiger partial charge >= 0.3 is 6.18 Å². The molecule has 0 aromatic rings. The first-order valence-electron chi connectivity index (χ1n) is 3.81. The Morgan fingerprint density at radius 1 is 1.31 bits per heavy atom. The Labute approximate surface area is 81.0 Å². The molecule has 0 heterocycles. The van der Waals surface area contributed by atoms with Gasteiger partial charge in [-0.15, -0.1) is 0 Å². The molecule has 5 heteroatoms. The quantitative estimate of drug-likeness (QED) is 0.747. The lowest BCUT2D eigenvalue weighted by Gasteiger charge is -2.19. The Balaban J connectivity index is 4.00. The molecule has 0 aliphatic rings. The van der Waals surface area contributed by atoms with E-state index >= 15 is 0 Å². The van der Waals surface area contributed by atoms with Gasteiger partial charge in [-0.2, -0.15) is 13.2 Å². The standard InChI is InChI=1S/C8H13ClF3N/c1-7(2,3)13-5-4-6(9)8(10,11)12/h4,13H,5H2,1-3H3. The van der Waals surface area contributed by atoms with Gasteiger partial charge in [-0.25, -0.2) is 0 Å². The topological polar surface area (TPSA) is 12.0 Å². The van der Waals surface area contributed by atoms with Crippen molar-refractivity contribution in [3.63, 3.8) is 0 Å². The van der Waals surface area contributed by atoms with Crippen LogP contribution in [0.5, 0.6) is 0 Å². The highest BCUT2D eigenvalue weighted by atomic mass is 35.5. The maximum absolute atomic E-state index is 11.8. The van der Waals surface area contributed by atoms with Crippen LogP contribution in [-0.4, -0.2) is 18.3 Å². The van der Waals surface area contributed by atoms with Crippen molar-refractivity contribution in [1.29, 1.82) is 0 Å². The number of rotatable bonds is 2. The Kier molecular flexibility index (Phi) is 4.26. The molecule has 1 nitrogen and oxygen atoms in total. The van der Waals surface area contributed by atoms with Crippen LogP contribution in [0.3, 0.4) is 0 Å². The van der Waals surface area contributed by atoms with Crippen LogP contribution < -0.4 is 5.32 Å². The maximum Gasteiger partial charge on any atom is 0.426 e. The van der Waals surface area contributed by atoms with Crippen molar-refractivity contribution in [2.24, 2.45) is 0 Å². The molecular formula is C8H13ClF3N. The molecule has 0 rings (SSSR count). The summed E-state index contributed by atoms with van der Waals surface area (Å²) in [6.07, 6.45) is -3.51. The number of nitrogens with one attached hydrogen (secondary N) is 1. The lowest BCUT2D eigenvalue weighted by Crippen LogP contribution is -2.36. The predicted molar refractivity (Wildman–Crippen MR) is 47.7 cm³/mol. The molecule has 0 aromatic heterocycles. The first-order valence-corrected chi connectivity index (χ1v) is 4.18. The molecule has 1 N–H and O–H groups in total. The van der Waals surface area contributed by atoms with Crippen molar-refractivity contribution in [2.45, 2.75) is 32.5 Å². The van der Waals surface area contributed by atoms with E-state index in [1.54, 1.807) is 0 Å². The van der Waals surface area contributed by atoms with Crippen molar-refractivity contribution in [1.82, 2.24) is 5.32 Å². The van der Waals surface area contributed by atoms with Gasteiger partial charge in [0, 0.05) is 12.1 Å². The van der Waals surface area contributed by atoms with Gasteiger partial charge in [-0.05, 0) is 26.8 Å². The fourth-order valence-corrected chi connectivity index (χ4v) is 0.640. The molecule has 0 saturated carbocycles. The predicted octanol–water partition coefficient (Wildman–Crippen LogP) is 3.06. The summed E-state index contributed by atoms with van der Waals surface area (Å²) >= 11 is 4.98.